The van der Waals surface area contributed by atoms with Crippen molar-refractivity contribution in [2.75, 3.05) is 0 Å². The number of benzene rings is 2. The molecular weight excluding hydrogens is 339 g/mol. The van der Waals surface area contributed by atoms with Gasteiger partial charge in [-0.25, -0.2) is 4.39 Å². The van der Waals surface area contributed by atoms with E-state index in [1.165, 1.54) is 30.2 Å². The van der Waals surface area contributed by atoms with Gasteiger partial charge in [0.15, 0.2) is 5.78 Å². The fraction of sp³-hybridized carbons (Fsp3) is 0.391. The maximum absolute atomic E-state index is 13.7. The normalized spacial score (nSPS) is 25.0. The Bertz CT molecular complexity index is 860. The molecule has 0 saturated carbocycles. The Morgan fingerprint density at radius 1 is 1.11 bits per heavy atom. The smallest absolute Gasteiger partial charge is 0.167 e. The van der Waals surface area contributed by atoms with Crippen molar-refractivity contribution in [3.8, 4) is 6.07 Å². The van der Waals surface area contributed by atoms with Crippen LogP contribution in [-0.2, 0) is 6.54 Å². The van der Waals surface area contributed by atoms with Gasteiger partial charge in [0.2, 0.25) is 0 Å². The van der Waals surface area contributed by atoms with E-state index in [2.05, 4.69) is 29.2 Å². The molecule has 2 fully saturated rings. The van der Waals surface area contributed by atoms with Crippen molar-refractivity contribution in [1.29, 1.82) is 5.26 Å². The van der Waals surface area contributed by atoms with Crippen LogP contribution in [0.1, 0.15) is 53.6 Å². The fourth-order valence-corrected chi connectivity index (χ4v) is 4.78. The minimum atomic E-state index is -0.459. The molecule has 0 radical (unpaired) electrons. The summed E-state index contributed by atoms with van der Waals surface area (Å²) >= 11 is 0. The van der Waals surface area contributed by atoms with E-state index in [4.69, 9.17) is 0 Å². The molecule has 0 aliphatic carbocycles. The molecule has 2 aromatic rings. The zero-order valence-corrected chi connectivity index (χ0v) is 15.3. The molecule has 2 saturated heterocycles. The molecule has 138 valence electrons. The third-order valence-electron chi connectivity index (χ3n) is 6.07. The van der Waals surface area contributed by atoms with Crippen LogP contribution in [0.25, 0.3) is 0 Å². The van der Waals surface area contributed by atoms with Crippen LogP contribution < -0.4 is 0 Å². The monoisotopic (exact) mass is 362 g/mol. The highest BCUT2D eigenvalue weighted by molar-refractivity contribution is 6.00. The number of nitrogens with zero attached hydrogens (tertiary/aromatic N) is 2. The molecule has 4 heteroatoms. The van der Waals surface area contributed by atoms with Gasteiger partial charge in [-0.05, 0) is 49.4 Å². The Hall–Kier alpha value is -2.51. The van der Waals surface area contributed by atoms with Crippen molar-refractivity contribution in [3.63, 3.8) is 0 Å². The number of halogens is 1. The topological polar surface area (TPSA) is 44.1 Å². The lowest BCUT2D eigenvalue weighted by Crippen LogP contribution is -2.52. The second kappa shape index (κ2) is 7.62. The van der Waals surface area contributed by atoms with Crippen molar-refractivity contribution >= 4 is 5.78 Å². The number of hydrogen-bond acceptors (Lipinski definition) is 3. The number of fused-ring (bicyclic) bond motifs is 2. The lowest BCUT2D eigenvalue weighted by Gasteiger charge is -2.48. The van der Waals surface area contributed by atoms with E-state index in [0.717, 1.165) is 32.2 Å². The summed E-state index contributed by atoms with van der Waals surface area (Å²) in [4.78, 5) is 15.6. The third-order valence-corrected chi connectivity index (χ3v) is 6.07. The van der Waals surface area contributed by atoms with E-state index in [1.807, 2.05) is 12.1 Å². The molecule has 0 aromatic heterocycles. The van der Waals surface area contributed by atoms with E-state index >= 15 is 0 Å². The van der Waals surface area contributed by atoms with Crippen molar-refractivity contribution in [3.05, 3.63) is 71.0 Å². The summed E-state index contributed by atoms with van der Waals surface area (Å²) in [6.07, 6.45) is 4.99. The highest BCUT2D eigenvalue weighted by Gasteiger charge is 2.41. The number of piperidine rings is 2. The van der Waals surface area contributed by atoms with Crippen LogP contribution in [0.3, 0.4) is 0 Å². The molecule has 2 aliphatic heterocycles. The summed E-state index contributed by atoms with van der Waals surface area (Å²) in [6, 6.07) is 17.1. The molecule has 0 N–H and O–H groups in total. The molecule has 2 bridgehead atoms. The van der Waals surface area contributed by atoms with Crippen LogP contribution in [0.5, 0.6) is 0 Å². The molecule has 0 spiro atoms. The molecule has 0 amide bonds. The van der Waals surface area contributed by atoms with Crippen LogP contribution >= 0.6 is 0 Å². The minimum absolute atomic E-state index is 0.0673. The van der Waals surface area contributed by atoms with Gasteiger partial charge in [-0.3, -0.25) is 9.69 Å². The Morgan fingerprint density at radius 2 is 1.81 bits per heavy atom. The van der Waals surface area contributed by atoms with Gasteiger partial charge in [-0.15, -0.1) is 0 Å². The SMILES string of the molecule is N#Cc1ccc(F)cc1C(=O)C1CC2CCCC(C1)N2Cc1ccccc1. The lowest BCUT2D eigenvalue weighted by molar-refractivity contribution is 0.00904. The molecule has 3 nitrogen and oxygen atoms in total. The molecular formula is C23H23FN2O. The number of hydrogen-bond donors (Lipinski definition) is 0. The predicted octanol–water partition coefficient (Wildman–Crippen LogP) is 4.71. The van der Waals surface area contributed by atoms with Crippen LogP contribution in [0.4, 0.5) is 4.39 Å². The van der Waals surface area contributed by atoms with Crippen LogP contribution in [0, 0.1) is 23.1 Å². The summed E-state index contributed by atoms with van der Waals surface area (Å²) in [5.41, 5.74) is 1.83. The number of carbonyl (C=O) groups excluding carboxylic acids is 1. The van der Waals surface area contributed by atoms with Crippen molar-refractivity contribution in [2.45, 2.75) is 50.7 Å². The molecule has 2 heterocycles. The van der Waals surface area contributed by atoms with Gasteiger partial charge < -0.3 is 0 Å². The van der Waals surface area contributed by atoms with Crippen molar-refractivity contribution in [1.82, 2.24) is 4.90 Å². The third kappa shape index (κ3) is 3.65. The first-order valence-electron chi connectivity index (χ1n) is 9.69. The zero-order chi connectivity index (χ0) is 18.8. The number of Topliss-reactive ketones (excluding diaryl/α,β-unsaturated/α-hetero) is 1. The van der Waals surface area contributed by atoms with Crippen LogP contribution in [0.15, 0.2) is 48.5 Å². The average Bonchev–Trinajstić information content (AvgIpc) is 2.68. The molecule has 2 aliphatic rings. The predicted molar refractivity (Wildman–Crippen MR) is 102 cm³/mol. The first kappa shape index (κ1) is 17.9. The van der Waals surface area contributed by atoms with Gasteiger partial charge in [-0.2, -0.15) is 5.26 Å². The number of carbonyl (C=O) groups is 1. The van der Waals surface area contributed by atoms with Gasteiger partial charge in [0.1, 0.15) is 5.82 Å². The maximum atomic E-state index is 13.7. The Kier molecular flexibility index (Phi) is 5.05. The van der Waals surface area contributed by atoms with Gasteiger partial charge in [-0.1, -0.05) is 36.8 Å². The molecule has 27 heavy (non-hydrogen) atoms. The highest BCUT2D eigenvalue weighted by atomic mass is 19.1. The van der Waals surface area contributed by atoms with E-state index in [1.54, 1.807) is 0 Å². The molecule has 2 unspecified atom stereocenters. The van der Waals surface area contributed by atoms with Gasteiger partial charge in [0.05, 0.1) is 11.6 Å². The molecule has 2 aromatic carbocycles. The Balaban J connectivity index is 1.54. The van der Waals surface area contributed by atoms with E-state index < -0.39 is 5.82 Å². The summed E-state index contributed by atoms with van der Waals surface area (Å²) in [6.45, 7) is 0.917. The minimum Gasteiger partial charge on any atom is -0.294 e. The van der Waals surface area contributed by atoms with E-state index in [0.29, 0.717) is 12.1 Å². The summed E-state index contributed by atoms with van der Waals surface area (Å²) in [5.74, 6) is -0.650. The summed E-state index contributed by atoms with van der Waals surface area (Å²) < 4.78 is 13.7. The largest absolute Gasteiger partial charge is 0.294 e. The first-order valence-corrected chi connectivity index (χ1v) is 9.69. The lowest BCUT2D eigenvalue weighted by atomic mass is 9.75. The number of ketones is 1. The average molecular weight is 362 g/mol. The number of nitriles is 1. The second-order valence-electron chi connectivity index (χ2n) is 7.73. The highest BCUT2D eigenvalue weighted by Crippen LogP contribution is 2.39. The zero-order valence-electron chi connectivity index (χ0n) is 15.3. The van der Waals surface area contributed by atoms with Crippen LogP contribution in [-0.4, -0.2) is 22.8 Å². The van der Waals surface area contributed by atoms with Crippen LogP contribution in [0.2, 0.25) is 0 Å². The van der Waals surface area contributed by atoms with Gasteiger partial charge in [0, 0.05) is 30.1 Å². The van der Waals surface area contributed by atoms with E-state index in [-0.39, 0.29) is 22.8 Å². The van der Waals surface area contributed by atoms with Crippen molar-refractivity contribution < 1.29 is 9.18 Å². The summed E-state index contributed by atoms with van der Waals surface area (Å²) in [5, 5.41) is 9.29. The number of rotatable bonds is 4. The summed E-state index contributed by atoms with van der Waals surface area (Å²) in [7, 11) is 0. The Morgan fingerprint density at radius 3 is 2.48 bits per heavy atom. The van der Waals surface area contributed by atoms with E-state index in [9.17, 15) is 14.4 Å². The molecule has 2 atom stereocenters. The van der Waals surface area contributed by atoms with Gasteiger partial charge >= 0.3 is 0 Å². The molecule has 4 rings (SSSR count). The quantitative estimate of drug-likeness (QED) is 0.740. The standard InChI is InChI=1S/C23H23FN2O/c24-19-10-9-17(14-25)22(13-19)23(27)18-11-20-7-4-8-21(12-18)26(20)15-16-5-2-1-3-6-16/h1-3,5-6,9-10,13,18,20-21H,4,7-8,11-12,15H2. The Labute approximate surface area is 159 Å². The first-order chi connectivity index (χ1) is 13.2. The second-order valence-corrected chi connectivity index (χ2v) is 7.73. The van der Waals surface area contributed by atoms with Gasteiger partial charge in [0.25, 0.3) is 0 Å². The fourth-order valence-electron chi connectivity index (χ4n) is 4.78. The van der Waals surface area contributed by atoms with Crippen molar-refractivity contribution in [2.24, 2.45) is 5.92 Å². The maximum Gasteiger partial charge on any atom is 0.167 e.